The zero-order valence-electron chi connectivity index (χ0n) is 14.8. The molecule has 0 aliphatic heterocycles. The molecule has 5 nitrogen and oxygen atoms in total. The zero-order chi connectivity index (χ0) is 18.1. The second kappa shape index (κ2) is 7.09. The van der Waals surface area contributed by atoms with E-state index in [1.165, 1.54) is 23.1 Å². The Morgan fingerprint density at radius 2 is 1.96 bits per heavy atom. The second-order valence-corrected chi connectivity index (χ2v) is 8.46. The normalized spacial score (nSPS) is 12.4. The summed E-state index contributed by atoms with van der Waals surface area (Å²) in [6.07, 6.45) is 0. The Kier molecular flexibility index (Phi) is 5.06. The van der Waals surface area contributed by atoms with Crippen molar-refractivity contribution in [2.24, 2.45) is 0 Å². The third-order valence-electron chi connectivity index (χ3n) is 3.81. The zero-order valence-corrected chi connectivity index (χ0v) is 16.4. The van der Waals surface area contributed by atoms with Crippen molar-refractivity contribution in [3.63, 3.8) is 0 Å². The molecule has 0 N–H and O–H groups in total. The van der Waals surface area contributed by atoms with Gasteiger partial charge in [-0.2, -0.15) is 0 Å². The van der Waals surface area contributed by atoms with Gasteiger partial charge in [-0.3, -0.25) is 4.79 Å². The van der Waals surface area contributed by atoms with E-state index in [4.69, 9.17) is 4.42 Å². The fraction of sp³-hybridized carbons (Fsp3) is 0.333. The van der Waals surface area contributed by atoms with Crippen LogP contribution in [0.1, 0.15) is 39.1 Å². The Balaban J connectivity index is 1.77. The van der Waals surface area contributed by atoms with Gasteiger partial charge in [-0.1, -0.05) is 29.5 Å². The molecule has 1 aromatic carbocycles. The summed E-state index contributed by atoms with van der Waals surface area (Å²) in [6, 6.07) is 5.91. The van der Waals surface area contributed by atoms with E-state index in [1.54, 1.807) is 0 Å². The first-order valence-corrected chi connectivity index (χ1v) is 9.61. The molecule has 0 spiro atoms. The predicted molar refractivity (Wildman–Crippen MR) is 100 cm³/mol. The highest BCUT2D eigenvalue weighted by atomic mass is 32.2. The van der Waals surface area contributed by atoms with Crippen molar-refractivity contribution in [2.75, 3.05) is 0 Å². The number of thioether (sulfide) groups is 1. The Morgan fingerprint density at radius 3 is 2.64 bits per heavy atom. The maximum absolute atomic E-state index is 12.7. The van der Waals surface area contributed by atoms with E-state index in [-0.39, 0.29) is 11.0 Å². The van der Waals surface area contributed by atoms with E-state index >= 15 is 0 Å². The van der Waals surface area contributed by atoms with Crippen LogP contribution in [0.4, 0.5) is 0 Å². The molecule has 130 valence electrons. The van der Waals surface area contributed by atoms with Gasteiger partial charge in [0.05, 0.1) is 16.0 Å². The number of rotatable bonds is 5. The molecule has 0 aliphatic carbocycles. The highest BCUT2D eigenvalue weighted by Gasteiger charge is 2.22. The van der Waals surface area contributed by atoms with Crippen LogP contribution in [0.25, 0.3) is 10.8 Å². The van der Waals surface area contributed by atoms with Gasteiger partial charge < -0.3 is 4.42 Å². The molecule has 0 saturated heterocycles. The van der Waals surface area contributed by atoms with E-state index in [1.807, 2.05) is 52.8 Å². The molecule has 7 heteroatoms. The van der Waals surface area contributed by atoms with Crippen LogP contribution in [0.5, 0.6) is 0 Å². The first-order chi connectivity index (χ1) is 11.8. The third-order valence-corrected chi connectivity index (χ3v) is 5.80. The molecule has 3 aromatic rings. The lowest BCUT2D eigenvalue weighted by molar-refractivity contribution is 0.0993. The van der Waals surface area contributed by atoms with Crippen LogP contribution in [-0.2, 0) is 0 Å². The van der Waals surface area contributed by atoms with Gasteiger partial charge in [0.15, 0.2) is 5.78 Å². The predicted octanol–water partition coefficient (Wildman–Crippen LogP) is 4.79. The summed E-state index contributed by atoms with van der Waals surface area (Å²) < 4.78 is 5.73. The van der Waals surface area contributed by atoms with E-state index in [0.717, 1.165) is 32.3 Å². The molecule has 2 aromatic heterocycles. The number of aryl methyl sites for hydroxylation is 4. The molecule has 0 saturated carbocycles. The monoisotopic (exact) mass is 373 g/mol. The molecule has 3 rings (SSSR count). The van der Waals surface area contributed by atoms with Crippen molar-refractivity contribution in [2.45, 2.75) is 45.1 Å². The lowest BCUT2D eigenvalue weighted by Gasteiger charge is -2.10. The van der Waals surface area contributed by atoms with Crippen molar-refractivity contribution in [1.29, 1.82) is 0 Å². The number of nitrogens with zero attached hydrogens (tertiary/aromatic N) is 3. The minimum absolute atomic E-state index is 0.0655. The number of aromatic nitrogens is 3. The molecule has 0 amide bonds. The van der Waals surface area contributed by atoms with Crippen molar-refractivity contribution in [3.05, 3.63) is 45.6 Å². The van der Waals surface area contributed by atoms with Gasteiger partial charge in [0.1, 0.15) is 4.88 Å². The van der Waals surface area contributed by atoms with E-state index in [2.05, 4.69) is 15.2 Å². The highest BCUT2D eigenvalue weighted by Crippen LogP contribution is 2.32. The summed E-state index contributed by atoms with van der Waals surface area (Å²) in [5.41, 5.74) is 3.67. The van der Waals surface area contributed by atoms with Crippen molar-refractivity contribution in [3.8, 4) is 10.8 Å². The highest BCUT2D eigenvalue weighted by molar-refractivity contribution is 8.00. The summed E-state index contributed by atoms with van der Waals surface area (Å²) in [6.45, 7) is 9.66. The number of thiazole rings is 1. The Hall–Kier alpha value is -1.99. The molecule has 25 heavy (non-hydrogen) atoms. The van der Waals surface area contributed by atoms with Gasteiger partial charge in [-0.25, -0.2) is 4.98 Å². The van der Waals surface area contributed by atoms with Crippen molar-refractivity contribution in [1.82, 2.24) is 15.2 Å². The molecule has 0 unspecified atom stereocenters. The summed E-state index contributed by atoms with van der Waals surface area (Å²) in [5, 5.41) is 9.22. The summed E-state index contributed by atoms with van der Waals surface area (Å²) in [7, 11) is 0. The van der Waals surface area contributed by atoms with E-state index < -0.39 is 0 Å². The van der Waals surface area contributed by atoms with E-state index in [9.17, 15) is 4.79 Å². The van der Waals surface area contributed by atoms with Gasteiger partial charge in [-0.15, -0.1) is 21.5 Å². The maximum atomic E-state index is 12.7. The number of ketones is 1. The lowest BCUT2D eigenvalue weighted by atomic mass is 10.0. The Morgan fingerprint density at radius 1 is 1.20 bits per heavy atom. The van der Waals surface area contributed by atoms with Crippen LogP contribution in [0.15, 0.2) is 27.8 Å². The molecular formula is C18H19N3O2S2. The number of carbonyl (C=O) groups excluding carboxylic acids is 1. The molecule has 0 fully saturated rings. The third kappa shape index (κ3) is 3.82. The average molecular weight is 374 g/mol. The average Bonchev–Trinajstić information content (AvgIpc) is 3.14. The SMILES string of the molecule is Cc1ccc(C)c(C(=O)[C@@H](C)Sc2nnc(-c3sc(C)nc3C)o2)c1. The van der Waals surface area contributed by atoms with Crippen LogP contribution in [0.2, 0.25) is 0 Å². The first-order valence-electron chi connectivity index (χ1n) is 7.91. The smallest absolute Gasteiger partial charge is 0.277 e. The summed E-state index contributed by atoms with van der Waals surface area (Å²) >= 11 is 2.81. The standard InChI is InChI=1S/C18H19N3O2S2/c1-9-6-7-10(2)14(8-9)15(22)12(4)24-18-21-20-17(23-18)16-11(3)19-13(5)25-16/h6-8,12H,1-5H3/t12-/m1/s1. The topological polar surface area (TPSA) is 68.9 Å². The minimum atomic E-state index is -0.307. The van der Waals surface area contributed by atoms with Crippen molar-refractivity contribution >= 4 is 28.9 Å². The van der Waals surface area contributed by atoms with Crippen LogP contribution < -0.4 is 0 Å². The van der Waals surface area contributed by atoms with Crippen LogP contribution in [0, 0.1) is 27.7 Å². The van der Waals surface area contributed by atoms with Crippen molar-refractivity contribution < 1.29 is 9.21 Å². The van der Waals surface area contributed by atoms with Crippen LogP contribution >= 0.6 is 23.1 Å². The first kappa shape index (κ1) is 17.8. The molecular weight excluding hydrogens is 354 g/mol. The molecule has 0 bridgehead atoms. The number of Topliss-reactive ketones (excluding diaryl/α,β-unsaturated/α-hetero) is 1. The largest absolute Gasteiger partial charge is 0.410 e. The van der Waals surface area contributed by atoms with Gasteiger partial charge in [0, 0.05) is 5.56 Å². The maximum Gasteiger partial charge on any atom is 0.277 e. The number of hydrogen-bond acceptors (Lipinski definition) is 7. The van der Waals surface area contributed by atoms with Crippen LogP contribution in [-0.4, -0.2) is 26.2 Å². The second-order valence-electron chi connectivity index (χ2n) is 5.96. The number of carbonyl (C=O) groups is 1. The van der Waals surface area contributed by atoms with Gasteiger partial charge in [-0.05, 0) is 46.2 Å². The van der Waals surface area contributed by atoms with Gasteiger partial charge >= 0.3 is 0 Å². The van der Waals surface area contributed by atoms with Crippen LogP contribution in [0.3, 0.4) is 0 Å². The minimum Gasteiger partial charge on any atom is -0.410 e. The van der Waals surface area contributed by atoms with Gasteiger partial charge in [0.2, 0.25) is 0 Å². The Labute approximate surface area is 154 Å². The molecule has 0 radical (unpaired) electrons. The molecule has 1 atom stereocenters. The van der Waals surface area contributed by atoms with Gasteiger partial charge in [0.25, 0.3) is 11.1 Å². The molecule has 2 heterocycles. The Bertz CT molecular complexity index is 930. The van der Waals surface area contributed by atoms with E-state index in [0.29, 0.717) is 11.1 Å². The summed E-state index contributed by atoms with van der Waals surface area (Å²) in [4.78, 5) is 18.0. The summed E-state index contributed by atoms with van der Waals surface area (Å²) in [5.74, 6) is 0.521. The number of benzene rings is 1. The fourth-order valence-corrected chi connectivity index (χ4v) is 4.10. The quantitative estimate of drug-likeness (QED) is 0.473. The lowest BCUT2D eigenvalue weighted by Crippen LogP contribution is -2.15. The fourth-order valence-electron chi connectivity index (χ4n) is 2.50. The molecule has 0 aliphatic rings. The number of hydrogen-bond donors (Lipinski definition) is 0.